The summed E-state index contributed by atoms with van der Waals surface area (Å²) in [5.74, 6) is 4.63. The highest BCUT2D eigenvalue weighted by atomic mass is 32.2. The maximum absolute atomic E-state index is 5.61. The summed E-state index contributed by atoms with van der Waals surface area (Å²) >= 11 is 1.84. The quantitative estimate of drug-likeness (QED) is 0.329. The van der Waals surface area contributed by atoms with E-state index < -0.39 is 0 Å². The van der Waals surface area contributed by atoms with Gasteiger partial charge in [-0.2, -0.15) is 10.1 Å². The summed E-state index contributed by atoms with van der Waals surface area (Å²) in [6, 6.07) is 5.03. The second kappa shape index (κ2) is 12.2. The van der Waals surface area contributed by atoms with Gasteiger partial charge < -0.3 is 15.0 Å². The normalized spacial score (nSPS) is 24.1. The predicted octanol–water partition coefficient (Wildman–Crippen LogP) is 5.18. The third kappa shape index (κ3) is 6.64. The number of aryl methyl sites for hydroxylation is 1. The van der Waals surface area contributed by atoms with Gasteiger partial charge in [0.05, 0.1) is 5.69 Å². The molecule has 1 saturated heterocycles. The third-order valence-electron chi connectivity index (χ3n) is 7.26. The van der Waals surface area contributed by atoms with Crippen LogP contribution in [-0.4, -0.2) is 58.3 Å². The second-order valence-electron chi connectivity index (χ2n) is 9.76. The topological polar surface area (TPSA) is 91.0 Å². The molecule has 3 atom stereocenters. The number of H-pyrrole nitrogens is 1. The zero-order valence-corrected chi connectivity index (χ0v) is 22.0. The number of anilines is 3. The summed E-state index contributed by atoms with van der Waals surface area (Å²) in [6.07, 6.45) is 8.07. The van der Waals surface area contributed by atoms with E-state index in [9.17, 15) is 0 Å². The van der Waals surface area contributed by atoms with E-state index in [-0.39, 0.29) is 0 Å². The molecule has 2 aliphatic rings. The fourth-order valence-corrected chi connectivity index (χ4v) is 5.75. The smallest absolute Gasteiger partial charge is 0.227 e. The standard InChI is InChI=1S/C25H41N7OS/c1-5-18-7-8-20(31-34-6-2)15-21(14-18)32(4)25-26-22(19-9-11-33-12-10-19)16-23(28-25)27-24-13-17(3)29-30-24/h13,16,18-21,31H,5-12,14-15H2,1-4H3,(H2,26,27,28,29,30). The zero-order valence-electron chi connectivity index (χ0n) is 21.1. The number of ether oxygens (including phenoxy) is 1. The summed E-state index contributed by atoms with van der Waals surface area (Å²) in [5, 5.41) is 10.8. The molecule has 1 saturated carbocycles. The Morgan fingerprint density at radius 1 is 1.09 bits per heavy atom. The SMILES string of the molecule is CCSNC1CCC(CC)CC(N(C)c2nc(Nc3cc(C)[nH]n3)cc(C3CCOCC3)n2)C1. The first-order chi connectivity index (χ1) is 16.6. The van der Waals surface area contributed by atoms with Crippen molar-refractivity contribution in [2.24, 2.45) is 5.92 Å². The van der Waals surface area contributed by atoms with Gasteiger partial charge in [0.15, 0.2) is 5.82 Å². The van der Waals surface area contributed by atoms with E-state index in [4.69, 9.17) is 14.7 Å². The van der Waals surface area contributed by atoms with Crippen LogP contribution in [0.4, 0.5) is 17.6 Å². The number of nitrogens with zero attached hydrogens (tertiary/aromatic N) is 4. The van der Waals surface area contributed by atoms with Gasteiger partial charge in [0.25, 0.3) is 0 Å². The average molecular weight is 488 g/mol. The van der Waals surface area contributed by atoms with Gasteiger partial charge in [-0.05, 0) is 51.4 Å². The van der Waals surface area contributed by atoms with Crippen LogP contribution in [0.25, 0.3) is 0 Å². The first kappa shape index (κ1) is 25.3. The van der Waals surface area contributed by atoms with Gasteiger partial charge in [-0.15, -0.1) is 0 Å². The van der Waals surface area contributed by atoms with Gasteiger partial charge in [-0.25, -0.2) is 4.98 Å². The van der Waals surface area contributed by atoms with Crippen LogP contribution in [-0.2, 0) is 4.74 Å². The first-order valence-corrected chi connectivity index (χ1v) is 13.9. The molecule has 3 unspecified atom stereocenters. The highest BCUT2D eigenvalue weighted by Crippen LogP contribution is 2.33. The van der Waals surface area contributed by atoms with Crippen molar-refractivity contribution in [3.63, 3.8) is 0 Å². The molecule has 8 nitrogen and oxygen atoms in total. The molecule has 4 rings (SSSR count). The van der Waals surface area contributed by atoms with Gasteiger partial charge in [0.1, 0.15) is 5.82 Å². The Kier molecular flexibility index (Phi) is 9.08. The number of nitrogens with one attached hydrogen (secondary N) is 3. The van der Waals surface area contributed by atoms with Crippen molar-refractivity contribution < 1.29 is 4.74 Å². The molecule has 3 N–H and O–H groups in total. The van der Waals surface area contributed by atoms with Gasteiger partial charge in [-0.3, -0.25) is 9.82 Å². The molecule has 2 fully saturated rings. The zero-order chi connectivity index (χ0) is 23.9. The van der Waals surface area contributed by atoms with Crippen molar-refractivity contribution in [3.8, 4) is 0 Å². The lowest BCUT2D eigenvalue weighted by Gasteiger charge is -2.32. The molecule has 3 heterocycles. The third-order valence-corrected chi connectivity index (χ3v) is 8.04. The molecule has 0 spiro atoms. The Morgan fingerprint density at radius 3 is 2.62 bits per heavy atom. The maximum Gasteiger partial charge on any atom is 0.227 e. The molecule has 0 radical (unpaired) electrons. The maximum atomic E-state index is 5.61. The molecule has 34 heavy (non-hydrogen) atoms. The van der Waals surface area contributed by atoms with Crippen LogP contribution in [0, 0.1) is 12.8 Å². The number of aromatic nitrogens is 4. The predicted molar refractivity (Wildman–Crippen MR) is 141 cm³/mol. The van der Waals surface area contributed by atoms with E-state index in [1.54, 1.807) is 0 Å². The van der Waals surface area contributed by atoms with Crippen molar-refractivity contribution in [1.29, 1.82) is 0 Å². The minimum atomic E-state index is 0.401. The van der Waals surface area contributed by atoms with Crippen molar-refractivity contribution >= 4 is 29.5 Å². The number of hydrogen-bond donors (Lipinski definition) is 3. The largest absolute Gasteiger partial charge is 0.381 e. The molecular weight excluding hydrogens is 446 g/mol. The van der Waals surface area contributed by atoms with Crippen LogP contribution >= 0.6 is 11.9 Å². The summed E-state index contributed by atoms with van der Waals surface area (Å²) in [6.45, 7) is 8.13. The Bertz CT molecular complexity index is 901. The second-order valence-corrected chi connectivity index (χ2v) is 10.9. The lowest BCUT2D eigenvalue weighted by Crippen LogP contribution is -2.38. The lowest BCUT2D eigenvalue weighted by molar-refractivity contribution is 0.0845. The van der Waals surface area contributed by atoms with E-state index in [0.717, 1.165) is 73.1 Å². The molecule has 0 amide bonds. The Hall–Kier alpha value is -1.84. The minimum Gasteiger partial charge on any atom is -0.381 e. The summed E-state index contributed by atoms with van der Waals surface area (Å²) in [7, 11) is 2.18. The summed E-state index contributed by atoms with van der Waals surface area (Å²) in [5.41, 5.74) is 2.12. The minimum absolute atomic E-state index is 0.401. The highest BCUT2D eigenvalue weighted by Gasteiger charge is 2.30. The van der Waals surface area contributed by atoms with Crippen LogP contribution in [0.3, 0.4) is 0 Å². The van der Waals surface area contributed by atoms with E-state index in [2.05, 4.69) is 52.1 Å². The number of hydrogen-bond acceptors (Lipinski definition) is 8. The fourth-order valence-electron chi connectivity index (χ4n) is 5.13. The van der Waals surface area contributed by atoms with E-state index in [1.165, 1.54) is 25.7 Å². The first-order valence-electron chi connectivity index (χ1n) is 12.9. The van der Waals surface area contributed by atoms with Crippen molar-refractivity contribution in [2.45, 2.75) is 83.7 Å². The Balaban J connectivity index is 1.60. The lowest BCUT2D eigenvalue weighted by atomic mass is 9.95. The van der Waals surface area contributed by atoms with Gasteiger partial charge in [-0.1, -0.05) is 32.2 Å². The average Bonchev–Trinajstić information content (AvgIpc) is 3.15. The monoisotopic (exact) mass is 487 g/mol. The Labute approximate surface area is 208 Å². The molecule has 2 aromatic rings. The molecule has 1 aliphatic carbocycles. The summed E-state index contributed by atoms with van der Waals surface area (Å²) in [4.78, 5) is 12.4. The van der Waals surface area contributed by atoms with Crippen molar-refractivity contribution in [2.75, 3.05) is 36.2 Å². The van der Waals surface area contributed by atoms with Crippen LogP contribution in [0.15, 0.2) is 12.1 Å². The van der Waals surface area contributed by atoms with Crippen molar-refractivity contribution in [1.82, 2.24) is 24.9 Å². The van der Waals surface area contributed by atoms with Crippen molar-refractivity contribution in [3.05, 3.63) is 23.5 Å². The molecule has 0 aromatic carbocycles. The molecule has 1 aliphatic heterocycles. The number of rotatable bonds is 9. The van der Waals surface area contributed by atoms with Crippen LogP contribution in [0.5, 0.6) is 0 Å². The molecular formula is C25H41N7OS. The van der Waals surface area contributed by atoms with E-state index >= 15 is 0 Å². The molecule has 9 heteroatoms. The molecule has 0 bridgehead atoms. The fraction of sp³-hybridized carbons (Fsp3) is 0.720. The van der Waals surface area contributed by atoms with Gasteiger partial charge in [0.2, 0.25) is 5.95 Å². The molecule has 2 aromatic heterocycles. The highest BCUT2D eigenvalue weighted by molar-refractivity contribution is 7.97. The van der Waals surface area contributed by atoms with Crippen LogP contribution in [0.1, 0.15) is 76.1 Å². The van der Waals surface area contributed by atoms with E-state index in [1.807, 2.05) is 24.9 Å². The van der Waals surface area contributed by atoms with E-state index in [0.29, 0.717) is 18.0 Å². The van der Waals surface area contributed by atoms with Gasteiger partial charge in [0, 0.05) is 61.8 Å². The summed E-state index contributed by atoms with van der Waals surface area (Å²) < 4.78 is 9.33. The van der Waals surface area contributed by atoms with Crippen LogP contribution in [0.2, 0.25) is 0 Å². The van der Waals surface area contributed by atoms with Crippen LogP contribution < -0.4 is 14.9 Å². The Morgan fingerprint density at radius 2 is 1.91 bits per heavy atom. The molecule has 188 valence electrons. The number of aromatic amines is 1. The van der Waals surface area contributed by atoms with Gasteiger partial charge >= 0.3 is 0 Å².